The van der Waals surface area contributed by atoms with E-state index in [0.717, 1.165) is 0 Å². The molecule has 0 rings (SSSR count). The molecule has 1 atom stereocenters. The molecule has 3 N–H and O–H groups in total. The average molecular weight is 278 g/mol. The van der Waals surface area contributed by atoms with Crippen LogP contribution in [0.15, 0.2) is 0 Å². The average Bonchev–Trinajstić information content (AvgIpc) is 1.97. The summed E-state index contributed by atoms with van der Waals surface area (Å²) in [6.45, 7) is 3.06. The molecule has 0 aliphatic carbocycles. The normalized spacial score (nSPS) is 14.8. The van der Waals surface area contributed by atoms with Gasteiger partial charge >= 0.3 is 41.5 Å². The summed E-state index contributed by atoms with van der Waals surface area (Å²) in [6.07, 6.45) is -1.63. The molecule has 0 aromatic heterocycles. The third-order valence-corrected chi connectivity index (χ3v) is 3.53. The Morgan fingerprint density at radius 1 is 1.29 bits per heavy atom. The molecule has 1 unspecified atom stereocenters. The van der Waals surface area contributed by atoms with Crippen LogP contribution in [0.3, 0.4) is 0 Å². The number of rotatable bonds is 6. The number of carboxylic acid groups (broad SMARTS) is 2. The Kier molecular flexibility index (Phi) is 7.56. The molecule has 17 heavy (non-hydrogen) atoms. The molecule has 9 heteroatoms. The van der Waals surface area contributed by atoms with Gasteiger partial charge in [0, 0.05) is 0 Å². The molecule has 0 spiro atoms. The molecular formula is C8H15NaO7S. The predicted octanol–water partition coefficient (Wildman–Crippen LogP) is -2.67. The van der Waals surface area contributed by atoms with Gasteiger partial charge in [-0.3, -0.25) is 14.1 Å². The van der Waals surface area contributed by atoms with E-state index in [2.05, 4.69) is 0 Å². The number of carboxylic acids is 2. The first-order valence-electron chi connectivity index (χ1n) is 4.45. The minimum absolute atomic E-state index is 0. The van der Waals surface area contributed by atoms with E-state index in [1.165, 1.54) is 13.8 Å². The van der Waals surface area contributed by atoms with E-state index in [-0.39, 0.29) is 31.0 Å². The van der Waals surface area contributed by atoms with Crippen LogP contribution < -0.4 is 29.6 Å². The molecule has 7 nitrogen and oxygen atoms in total. The minimum Gasteiger partial charge on any atom is -1.00 e. The Balaban J connectivity index is -0.00000112. The van der Waals surface area contributed by atoms with Crippen molar-refractivity contribution in [3.05, 3.63) is 0 Å². The standard InChI is InChI=1S/C8H14O7S.Na.H/c1-5(2)3-8(7(11)12,4-6(9)10)16(13,14)15;;/h5H,3-4H2,1-2H3,(H,9,10)(H,11,12)(H,13,14,15);;/q;+1;-1. The zero-order valence-corrected chi connectivity index (χ0v) is 12.7. The summed E-state index contributed by atoms with van der Waals surface area (Å²) in [7, 11) is -5.00. The Labute approximate surface area is 123 Å². The predicted molar refractivity (Wildman–Crippen MR) is 54.7 cm³/mol. The fourth-order valence-electron chi connectivity index (χ4n) is 1.45. The maximum Gasteiger partial charge on any atom is 1.00 e. The number of hydrogen-bond donors (Lipinski definition) is 3. The summed E-state index contributed by atoms with van der Waals surface area (Å²) in [4.78, 5) is 21.4. The SMILES string of the molecule is CC(C)CC(CC(=O)O)(C(=O)O)S(=O)(=O)O.[H-].[Na+]. The Hall–Kier alpha value is -0.150. The quantitative estimate of drug-likeness (QED) is 0.357. The minimum atomic E-state index is -5.00. The van der Waals surface area contributed by atoms with Gasteiger partial charge in [0.05, 0.1) is 6.42 Å². The van der Waals surface area contributed by atoms with Crippen LogP contribution in [0.1, 0.15) is 28.1 Å². The van der Waals surface area contributed by atoms with Crippen LogP contribution in [0.2, 0.25) is 0 Å². The van der Waals surface area contributed by atoms with E-state index >= 15 is 0 Å². The van der Waals surface area contributed by atoms with Gasteiger partial charge in [0.15, 0.2) is 0 Å². The van der Waals surface area contributed by atoms with Gasteiger partial charge in [-0.15, -0.1) is 0 Å². The Bertz CT molecular complexity index is 394. The molecular weight excluding hydrogens is 263 g/mol. The third-order valence-electron chi connectivity index (χ3n) is 2.06. The topological polar surface area (TPSA) is 129 Å². The third kappa shape index (κ3) is 4.92. The first-order valence-corrected chi connectivity index (χ1v) is 5.89. The van der Waals surface area contributed by atoms with Gasteiger partial charge in [0.25, 0.3) is 10.1 Å². The van der Waals surface area contributed by atoms with Gasteiger partial charge in [-0.2, -0.15) is 8.42 Å². The largest absolute Gasteiger partial charge is 1.00 e. The molecule has 0 saturated heterocycles. The summed E-state index contributed by atoms with van der Waals surface area (Å²) in [5.74, 6) is -3.84. The molecule has 0 bridgehead atoms. The van der Waals surface area contributed by atoms with Crippen LogP contribution in [0.5, 0.6) is 0 Å². The second kappa shape index (κ2) is 6.69. The molecule has 0 radical (unpaired) electrons. The van der Waals surface area contributed by atoms with Crippen molar-refractivity contribution >= 4 is 22.1 Å². The van der Waals surface area contributed by atoms with Crippen LogP contribution in [0, 0.1) is 5.92 Å². The maximum atomic E-state index is 11.1. The monoisotopic (exact) mass is 278 g/mol. The number of hydrogen-bond acceptors (Lipinski definition) is 4. The van der Waals surface area contributed by atoms with Gasteiger partial charge in [-0.25, -0.2) is 0 Å². The van der Waals surface area contributed by atoms with Crippen LogP contribution in [0.25, 0.3) is 0 Å². The molecule has 0 saturated carbocycles. The van der Waals surface area contributed by atoms with E-state index in [9.17, 15) is 18.0 Å². The van der Waals surface area contributed by atoms with E-state index < -0.39 is 45.6 Å². The molecule has 0 amide bonds. The van der Waals surface area contributed by atoms with Crippen molar-refractivity contribution in [3.8, 4) is 0 Å². The molecule has 96 valence electrons. The van der Waals surface area contributed by atoms with E-state index in [0.29, 0.717) is 0 Å². The van der Waals surface area contributed by atoms with Crippen molar-refractivity contribution in [1.82, 2.24) is 0 Å². The van der Waals surface area contributed by atoms with Crippen molar-refractivity contribution in [2.75, 3.05) is 0 Å². The van der Waals surface area contributed by atoms with Crippen molar-refractivity contribution in [1.29, 1.82) is 0 Å². The number of carbonyl (C=O) groups is 2. The van der Waals surface area contributed by atoms with Gasteiger partial charge in [0.2, 0.25) is 4.75 Å². The first kappa shape index (κ1) is 19.2. The summed E-state index contributed by atoms with van der Waals surface area (Å²) >= 11 is 0. The van der Waals surface area contributed by atoms with Crippen molar-refractivity contribution in [2.24, 2.45) is 5.92 Å². The second-order valence-electron chi connectivity index (χ2n) is 3.94. The van der Waals surface area contributed by atoms with Gasteiger partial charge in [-0.05, 0) is 12.3 Å². The molecule has 0 heterocycles. The van der Waals surface area contributed by atoms with E-state index in [4.69, 9.17) is 14.8 Å². The second-order valence-corrected chi connectivity index (χ2v) is 5.67. The molecule has 0 aliphatic rings. The molecule has 0 fully saturated rings. The molecule has 0 aliphatic heterocycles. The smallest absolute Gasteiger partial charge is 1.00 e. The van der Waals surface area contributed by atoms with Crippen molar-refractivity contribution in [3.63, 3.8) is 0 Å². The fraction of sp³-hybridized carbons (Fsp3) is 0.750. The molecule has 0 aromatic rings. The fourth-order valence-corrected chi connectivity index (χ4v) is 2.52. The van der Waals surface area contributed by atoms with Gasteiger partial charge < -0.3 is 11.6 Å². The zero-order valence-electron chi connectivity index (χ0n) is 10.9. The van der Waals surface area contributed by atoms with Crippen LogP contribution in [-0.4, -0.2) is 39.9 Å². The van der Waals surface area contributed by atoms with Crippen LogP contribution >= 0.6 is 0 Å². The summed E-state index contributed by atoms with van der Waals surface area (Å²) < 4.78 is 28.4. The van der Waals surface area contributed by atoms with Crippen molar-refractivity contribution < 1.29 is 63.8 Å². The summed E-state index contributed by atoms with van der Waals surface area (Å²) in [6, 6.07) is 0. The Morgan fingerprint density at radius 3 is 1.88 bits per heavy atom. The summed E-state index contributed by atoms with van der Waals surface area (Å²) in [5, 5.41) is 17.4. The van der Waals surface area contributed by atoms with Crippen molar-refractivity contribution in [2.45, 2.75) is 31.4 Å². The van der Waals surface area contributed by atoms with Crippen LogP contribution in [-0.2, 0) is 19.7 Å². The summed E-state index contributed by atoms with van der Waals surface area (Å²) in [5.41, 5.74) is 0. The zero-order chi connectivity index (χ0) is 13.1. The van der Waals surface area contributed by atoms with E-state index in [1.54, 1.807) is 0 Å². The Morgan fingerprint density at radius 2 is 1.71 bits per heavy atom. The van der Waals surface area contributed by atoms with E-state index in [1.807, 2.05) is 0 Å². The first-order chi connectivity index (χ1) is 7.03. The van der Waals surface area contributed by atoms with Crippen LogP contribution in [0.4, 0.5) is 0 Å². The van der Waals surface area contributed by atoms with Gasteiger partial charge in [-0.1, -0.05) is 13.8 Å². The number of aliphatic carboxylic acids is 2. The molecule has 0 aromatic carbocycles. The van der Waals surface area contributed by atoms with Gasteiger partial charge in [0.1, 0.15) is 0 Å². The maximum absolute atomic E-state index is 11.1.